The van der Waals surface area contributed by atoms with Crippen molar-refractivity contribution in [2.75, 3.05) is 11.9 Å². The zero-order valence-electron chi connectivity index (χ0n) is 18.2. The molecular weight excluding hydrogens is 346 g/mol. The van der Waals surface area contributed by atoms with Crippen molar-refractivity contribution < 1.29 is 4.79 Å². The number of hydrogen-bond acceptors (Lipinski definition) is 2. The number of benzene rings is 1. The normalized spacial score (nSPS) is 11.5. The number of aldehydes is 1. The minimum atomic E-state index is -0.796. The molecule has 0 aromatic heterocycles. The van der Waals surface area contributed by atoms with Crippen LogP contribution in [0.25, 0.3) is 0 Å². The third kappa shape index (κ3) is 14.6. The van der Waals surface area contributed by atoms with Gasteiger partial charge in [-0.3, -0.25) is 4.79 Å². The first-order valence-corrected chi connectivity index (χ1v) is 15.0. The van der Waals surface area contributed by atoms with Gasteiger partial charge in [0.15, 0.2) is 0 Å². The van der Waals surface area contributed by atoms with Gasteiger partial charge in [0.1, 0.15) is 6.29 Å². The monoisotopic (exact) mass is 389 g/mol. The van der Waals surface area contributed by atoms with E-state index < -0.39 is 8.07 Å². The summed E-state index contributed by atoms with van der Waals surface area (Å²) in [4.78, 5) is 10.6. The minimum Gasteiger partial charge on any atom is -0.385 e. The third-order valence-corrected chi connectivity index (χ3v) is 7.08. The average molecular weight is 390 g/mol. The Bertz CT molecular complexity index is 478. The molecule has 0 aliphatic rings. The summed E-state index contributed by atoms with van der Waals surface area (Å²) in [5, 5.41) is 3.43. The molecule has 0 bridgehead atoms. The molecule has 0 fully saturated rings. The van der Waals surface area contributed by atoms with Crippen LogP contribution in [0.4, 0.5) is 5.69 Å². The second-order valence-corrected chi connectivity index (χ2v) is 14.8. The predicted molar refractivity (Wildman–Crippen MR) is 124 cm³/mol. The summed E-state index contributed by atoms with van der Waals surface area (Å²) in [5.74, 6) is 0. The molecule has 0 aliphatic heterocycles. The second kappa shape index (κ2) is 14.9. The maximum Gasteiger partial charge on any atom is 0.150 e. The Balaban J connectivity index is 1.79. The van der Waals surface area contributed by atoms with Crippen LogP contribution in [0, 0.1) is 0 Å². The highest BCUT2D eigenvalue weighted by molar-refractivity contribution is 6.76. The van der Waals surface area contributed by atoms with E-state index in [1.165, 1.54) is 83.1 Å². The molecule has 0 atom stereocenters. The molecule has 1 aromatic rings. The second-order valence-electron chi connectivity index (χ2n) is 9.22. The average Bonchev–Trinajstić information content (AvgIpc) is 2.64. The van der Waals surface area contributed by atoms with Crippen LogP contribution in [0.3, 0.4) is 0 Å². The molecule has 154 valence electrons. The summed E-state index contributed by atoms with van der Waals surface area (Å²) < 4.78 is 0. The number of carbonyl (C=O) groups is 1. The van der Waals surface area contributed by atoms with Gasteiger partial charge in [0.05, 0.1) is 0 Å². The lowest BCUT2D eigenvalue weighted by atomic mass is 10.1. The summed E-state index contributed by atoms with van der Waals surface area (Å²) in [7, 11) is -0.796. The highest BCUT2D eigenvalue weighted by Crippen LogP contribution is 2.16. The first-order valence-electron chi connectivity index (χ1n) is 11.3. The number of carbonyl (C=O) groups excluding carboxylic acids is 1. The zero-order chi connectivity index (χ0) is 19.8. The van der Waals surface area contributed by atoms with Crippen molar-refractivity contribution >= 4 is 20.0 Å². The number of unbranched alkanes of at least 4 members (excludes halogenated alkanes) is 11. The van der Waals surface area contributed by atoms with Gasteiger partial charge in [0.2, 0.25) is 0 Å². The van der Waals surface area contributed by atoms with Gasteiger partial charge >= 0.3 is 0 Å². The molecule has 1 N–H and O–H groups in total. The lowest BCUT2D eigenvalue weighted by molar-refractivity contribution is 0.112. The van der Waals surface area contributed by atoms with Gasteiger partial charge in [-0.05, 0) is 30.7 Å². The van der Waals surface area contributed by atoms with Crippen LogP contribution < -0.4 is 5.32 Å². The molecule has 0 saturated carbocycles. The molecule has 0 saturated heterocycles. The van der Waals surface area contributed by atoms with Crippen molar-refractivity contribution in [2.24, 2.45) is 0 Å². The van der Waals surface area contributed by atoms with E-state index in [4.69, 9.17) is 0 Å². The van der Waals surface area contributed by atoms with E-state index in [0.29, 0.717) is 0 Å². The fourth-order valence-corrected chi connectivity index (χ4v) is 4.77. The van der Waals surface area contributed by atoms with E-state index >= 15 is 0 Å². The van der Waals surface area contributed by atoms with Crippen molar-refractivity contribution in [2.45, 2.75) is 103 Å². The Morgan fingerprint density at radius 2 is 1.15 bits per heavy atom. The van der Waals surface area contributed by atoms with Gasteiger partial charge in [-0.1, -0.05) is 96.3 Å². The molecule has 0 aliphatic carbocycles. The highest BCUT2D eigenvalue weighted by Gasteiger charge is 2.11. The molecule has 0 heterocycles. The topological polar surface area (TPSA) is 29.1 Å². The summed E-state index contributed by atoms with van der Waals surface area (Å²) in [6, 6.07) is 9.20. The largest absolute Gasteiger partial charge is 0.385 e. The Morgan fingerprint density at radius 3 is 1.59 bits per heavy atom. The van der Waals surface area contributed by atoms with Crippen LogP contribution in [-0.2, 0) is 0 Å². The van der Waals surface area contributed by atoms with Crippen LogP contribution in [0.2, 0.25) is 25.7 Å². The molecule has 3 heteroatoms. The summed E-state index contributed by atoms with van der Waals surface area (Å²) in [6.07, 6.45) is 17.7. The Labute approximate surface area is 169 Å². The van der Waals surface area contributed by atoms with E-state index in [9.17, 15) is 4.79 Å². The van der Waals surface area contributed by atoms with Gasteiger partial charge < -0.3 is 5.32 Å². The molecule has 0 radical (unpaired) electrons. The van der Waals surface area contributed by atoms with Gasteiger partial charge in [-0.15, -0.1) is 0 Å². The first-order chi connectivity index (χ1) is 13.0. The maximum absolute atomic E-state index is 10.6. The van der Waals surface area contributed by atoms with E-state index in [1.807, 2.05) is 24.3 Å². The number of rotatable bonds is 17. The predicted octanol–water partition coefficient (Wildman–Crippen LogP) is 7.93. The van der Waals surface area contributed by atoms with Crippen LogP contribution >= 0.6 is 0 Å². The molecule has 0 amide bonds. The lowest BCUT2D eigenvalue weighted by Crippen LogP contribution is -2.18. The van der Waals surface area contributed by atoms with Crippen molar-refractivity contribution in [1.29, 1.82) is 0 Å². The fraction of sp³-hybridized carbons (Fsp3) is 0.708. The molecular formula is C24H43NOSi. The quantitative estimate of drug-likeness (QED) is 0.166. The standard InChI is InChI=1S/C24H43NOSi/c1-27(2,3)21-15-13-11-9-7-5-4-6-8-10-12-14-20-25-24-18-16-23(22-26)17-19-24/h16-19,22,25H,4-15,20-21H2,1-3H3. The number of nitrogens with one attached hydrogen (secondary N) is 1. The first kappa shape index (κ1) is 23.9. The maximum atomic E-state index is 10.6. The minimum absolute atomic E-state index is 0.739. The highest BCUT2D eigenvalue weighted by atomic mass is 28.3. The van der Waals surface area contributed by atoms with Crippen LogP contribution in [-0.4, -0.2) is 20.9 Å². The van der Waals surface area contributed by atoms with Crippen molar-refractivity contribution in [1.82, 2.24) is 0 Å². The fourth-order valence-electron chi connectivity index (χ4n) is 3.46. The summed E-state index contributed by atoms with van der Waals surface area (Å²) in [5.41, 5.74) is 1.85. The molecule has 1 rings (SSSR count). The van der Waals surface area contributed by atoms with E-state index in [2.05, 4.69) is 25.0 Å². The van der Waals surface area contributed by atoms with Crippen LogP contribution in [0.15, 0.2) is 24.3 Å². The molecule has 27 heavy (non-hydrogen) atoms. The van der Waals surface area contributed by atoms with E-state index in [1.54, 1.807) is 0 Å². The van der Waals surface area contributed by atoms with Gasteiger partial charge in [-0.25, -0.2) is 0 Å². The third-order valence-electron chi connectivity index (χ3n) is 5.23. The smallest absolute Gasteiger partial charge is 0.150 e. The van der Waals surface area contributed by atoms with Crippen molar-refractivity contribution in [3.8, 4) is 0 Å². The van der Waals surface area contributed by atoms with Gasteiger partial charge in [0, 0.05) is 25.9 Å². The van der Waals surface area contributed by atoms with Crippen LogP contribution in [0.5, 0.6) is 0 Å². The SMILES string of the molecule is C[Si](C)(C)CCCCCCCCCCCCCCNc1ccc(C=O)cc1. The molecule has 2 nitrogen and oxygen atoms in total. The lowest BCUT2D eigenvalue weighted by Gasteiger charge is -2.14. The van der Waals surface area contributed by atoms with Gasteiger partial charge in [0.25, 0.3) is 0 Å². The van der Waals surface area contributed by atoms with Crippen LogP contribution in [0.1, 0.15) is 87.4 Å². The summed E-state index contributed by atoms with van der Waals surface area (Å²) >= 11 is 0. The Morgan fingerprint density at radius 1 is 0.704 bits per heavy atom. The molecule has 1 aromatic carbocycles. The van der Waals surface area contributed by atoms with E-state index in [0.717, 1.165) is 24.1 Å². The number of hydrogen-bond donors (Lipinski definition) is 1. The Kier molecular flexibility index (Phi) is 13.2. The zero-order valence-corrected chi connectivity index (χ0v) is 19.2. The van der Waals surface area contributed by atoms with Crippen molar-refractivity contribution in [3.05, 3.63) is 29.8 Å². The van der Waals surface area contributed by atoms with E-state index in [-0.39, 0.29) is 0 Å². The Hall–Kier alpha value is -1.09. The molecule has 0 unspecified atom stereocenters. The number of anilines is 1. The van der Waals surface area contributed by atoms with Gasteiger partial charge in [-0.2, -0.15) is 0 Å². The van der Waals surface area contributed by atoms with Crippen molar-refractivity contribution in [3.63, 3.8) is 0 Å². The summed E-state index contributed by atoms with van der Waals surface area (Å²) in [6.45, 7) is 8.48. The molecule has 0 spiro atoms.